The van der Waals surface area contributed by atoms with E-state index in [4.69, 9.17) is 4.74 Å². The van der Waals surface area contributed by atoms with Crippen LogP contribution in [-0.2, 0) is 11.3 Å². The number of H-pyrrole nitrogens is 1. The van der Waals surface area contributed by atoms with Gasteiger partial charge in [0.05, 0.1) is 17.6 Å². The minimum absolute atomic E-state index is 0.207. The van der Waals surface area contributed by atoms with Crippen LogP contribution in [-0.4, -0.2) is 46.7 Å². The lowest BCUT2D eigenvalue weighted by Gasteiger charge is -2.16. The summed E-state index contributed by atoms with van der Waals surface area (Å²) in [5.74, 6) is 0.931. The number of hydrogen-bond donors (Lipinski definition) is 2. The zero-order valence-corrected chi connectivity index (χ0v) is 13.1. The van der Waals surface area contributed by atoms with E-state index in [9.17, 15) is 4.79 Å². The molecule has 1 fully saturated rings. The number of hydrogen-bond acceptors (Lipinski definition) is 4. The van der Waals surface area contributed by atoms with Crippen LogP contribution in [0.15, 0.2) is 18.2 Å². The summed E-state index contributed by atoms with van der Waals surface area (Å²) in [5, 5.41) is 3.51. The molecule has 1 saturated heterocycles. The Morgan fingerprint density at radius 3 is 3.23 bits per heavy atom. The number of likely N-dealkylation sites (tertiary alicyclic amines) is 1. The minimum Gasteiger partial charge on any atom is -0.450 e. The highest BCUT2D eigenvalue weighted by molar-refractivity contribution is 5.75. The van der Waals surface area contributed by atoms with Crippen LogP contribution in [0.4, 0.5) is 4.79 Å². The van der Waals surface area contributed by atoms with Crippen LogP contribution in [0.5, 0.6) is 0 Å². The van der Waals surface area contributed by atoms with Gasteiger partial charge in [0.2, 0.25) is 0 Å². The Labute approximate surface area is 129 Å². The summed E-state index contributed by atoms with van der Waals surface area (Å²) in [7, 11) is 0. The number of nitrogens with one attached hydrogen (secondary N) is 2. The first kappa shape index (κ1) is 14.8. The monoisotopic (exact) mass is 302 g/mol. The average molecular weight is 302 g/mol. The number of aromatic nitrogens is 2. The van der Waals surface area contributed by atoms with E-state index in [2.05, 4.69) is 27.4 Å². The zero-order valence-electron chi connectivity index (χ0n) is 13.1. The third kappa shape index (κ3) is 3.22. The molecule has 0 bridgehead atoms. The van der Waals surface area contributed by atoms with Gasteiger partial charge < -0.3 is 19.9 Å². The largest absolute Gasteiger partial charge is 0.450 e. The molecule has 118 valence electrons. The first-order valence-electron chi connectivity index (χ1n) is 7.76. The van der Waals surface area contributed by atoms with Crippen LogP contribution in [0.25, 0.3) is 11.0 Å². The van der Waals surface area contributed by atoms with E-state index in [0.29, 0.717) is 19.2 Å². The van der Waals surface area contributed by atoms with Gasteiger partial charge in [-0.1, -0.05) is 6.07 Å². The molecule has 0 radical (unpaired) electrons. The Morgan fingerprint density at radius 2 is 2.41 bits per heavy atom. The van der Waals surface area contributed by atoms with E-state index >= 15 is 0 Å². The summed E-state index contributed by atoms with van der Waals surface area (Å²) in [6, 6.07) is 6.58. The molecule has 0 aliphatic carbocycles. The van der Waals surface area contributed by atoms with Crippen molar-refractivity contribution in [3.05, 3.63) is 29.6 Å². The normalized spacial score (nSPS) is 18.1. The van der Waals surface area contributed by atoms with Gasteiger partial charge in [-0.15, -0.1) is 0 Å². The lowest BCUT2D eigenvalue weighted by molar-refractivity contribution is 0.115. The highest BCUT2D eigenvalue weighted by Crippen LogP contribution is 2.15. The second-order valence-electron chi connectivity index (χ2n) is 5.69. The molecule has 2 aromatic rings. The van der Waals surface area contributed by atoms with Crippen LogP contribution in [0.2, 0.25) is 0 Å². The second kappa shape index (κ2) is 6.36. The maximum Gasteiger partial charge on any atom is 0.409 e. The molecule has 6 nitrogen and oxygen atoms in total. The Hall–Kier alpha value is -2.08. The number of aryl methyl sites for hydroxylation is 1. The predicted octanol–water partition coefficient (Wildman–Crippen LogP) is 2.19. The Morgan fingerprint density at radius 1 is 1.55 bits per heavy atom. The highest BCUT2D eigenvalue weighted by atomic mass is 16.6. The van der Waals surface area contributed by atoms with E-state index in [1.54, 1.807) is 4.90 Å². The van der Waals surface area contributed by atoms with E-state index < -0.39 is 0 Å². The summed E-state index contributed by atoms with van der Waals surface area (Å²) in [6.45, 7) is 6.48. The van der Waals surface area contributed by atoms with Gasteiger partial charge >= 0.3 is 6.09 Å². The maximum atomic E-state index is 11.7. The SMILES string of the molecule is CCOC(=O)N1CC[C@H](NCc2ccc3nc(C)[nH]c3c2)C1. The number of carbonyl (C=O) groups is 1. The Balaban J connectivity index is 1.54. The lowest BCUT2D eigenvalue weighted by atomic mass is 10.2. The van der Waals surface area contributed by atoms with Crippen molar-refractivity contribution in [3.8, 4) is 0 Å². The van der Waals surface area contributed by atoms with Crippen LogP contribution in [0, 0.1) is 6.92 Å². The van der Waals surface area contributed by atoms with Gasteiger partial charge in [0, 0.05) is 25.7 Å². The van der Waals surface area contributed by atoms with Crippen molar-refractivity contribution in [2.75, 3.05) is 19.7 Å². The van der Waals surface area contributed by atoms with Gasteiger partial charge in [0.15, 0.2) is 0 Å². The molecule has 1 atom stereocenters. The molecule has 1 aromatic heterocycles. The number of ether oxygens (including phenoxy) is 1. The topological polar surface area (TPSA) is 70.2 Å². The van der Waals surface area contributed by atoms with Crippen molar-refractivity contribution in [3.63, 3.8) is 0 Å². The van der Waals surface area contributed by atoms with Crippen molar-refractivity contribution >= 4 is 17.1 Å². The number of carbonyl (C=O) groups excluding carboxylic acids is 1. The van der Waals surface area contributed by atoms with Gasteiger partial charge in [-0.05, 0) is 38.0 Å². The molecular weight excluding hydrogens is 280 g/mol. The van der Waals surface area contributed by atoms with Gasteiger partial charge in [0.1, 0.15) is 5.82 Å². The van der Waals surface area contributed by atoms with Gasteiger partial charge in [0.25, 0.3) is 0 Å². The lowest BCUT2D eigenvalue weighted by Crippen LogP contribution is -2.35. The first-order chi connectivity index (χ1) is 10.7. The zero-order chi connectivity index (χ0) is 15.5. The highest BCUT2D eigenvalue weighted by Gasteiger charge is 2.26. The fraction of sp³-hybridized carbons (Fsp3) is 0.500. The molecule has 1 amide bonds. The smallest absolute Gasteiger partial charge is 0.409 e. The third-order valence-electron chi connectivity index (χ3n) is 3.97. The number of benzene rings is 1. The standard InChI is InChI=1S/C16H22N4O2/c1-3-22-16(21)20-7-6-13(10-20)17-9-12-4-5-14-15(8-12)19-11(2)18-14/h4-5,8,13,17H,3,6-7,9-10H2,1-2H3,(H,18,19)/t13-/m0/s1. The van der Waals surface area contributed by atoms with E-state index in [1.165, 1.54) is 5.56 Å². The quantitative estimate of drug-likeness (QED) is 0.908. The van der Waals surface area contributed by atoms with Gasteiger partial charge in [-0.25, -0.2) is 9.78 Å². The second-order valence-corrected chi connectivity index (χ2v) is 5.69. The van der Waals surface area contributed by atoms with Crippen molar-refractivity contribution in [2.45, 2.75) is 32.9 Å². The molecule has 6 heteroatoms. The maximum absolute atomic E-state index is 11.7. The van der Waals surface area contributed by atoms with Crippen molar-refractivity contribution < 1.29 is 9.53 Å². The first-order valence-corrected chi connectivity index (χ1v) is 7.76. The fourth-order valence-corrected chi connectivity index (χ4v) is 2.86. The average Bonchev–Trinajstić information content (AvgIpc) is 3.10. The molecular formula is C16H22N4O2. The van der Waals surface area contributed by atoms with Crippen molar-refractivity contribution in [1.29, 1.82) is 0 Å². The fourth-order valence-electron chi connectivity index (χ4n) is 2.86. The summed E-state index contributed by atoms with van der Waals surface area (Å²) >= 11 is 0. The molecule has 1 aliphatic rings. The number of imidazole rings is 1. The minimum atomic E-state index is -0.207. The Kier molecular flexibility index (Phi) is 4.29. The number of nitrogens with zero attached hydrogens (tertiary/aromatic N) is 2. The molecule has 1 aliphatic heterocycles. The molecule has 22 heavy (non-hydrogen) atoms. The summed E-state index contributed by atoms with van der Waals surface area (Å²) in [6.07, 6.45) is 0.755. The van der Waals surface area contributed by atoms with Crippen LogP contribution >= 0.6 is 0 Å². The van der Waals surface area contributed by atoms with Crippen molar-refractivity contribution in [1.82, 2.24) is 20.2 Å². The summed E-state index contributed by atoms with van der Waals surface area (Å²) in [4.78, 5) is 21.1. The number of aromatic amines is 1. The summed E-state index contributed by atoms with van der Waals surface area (Å²) < 4.78 is 5.04. The molecule has 1 aromatic carbocycles. The number of amides is 1. The van der Waals surface area contributed by atoms with Crippen LogP contribution < -0.4 is 5.32 Å². The third-order valence-corrected chi connectivity index (χ3v) is 3.97. The van der Waals surface area contributed by atoms with E-state index in [1.807, 2.05) is 19.9 Å². The molecule has 0 saturated carbocycles. The molecule has 2 N–H and O–H groups in total. The molecule has 2 heterocycles. The number of fused-ring (bicyclic) bond motifs is 1. The molecule has 0 spiro atoms. The van der Waals surface area contributed by atoms with Crippen LogP contribution in [0.1, 0.15) is 24.7 Å². The molecule has 0 unspecified atom stereocenters. The number of rotatable bonds is 4. The predicted molar refractivity (Wildman–Crippen MR) is 84.7 cm³/mol. The van der Waals surface area contributed by atoms with Crippen molar-refractivity contribution in [2.24, 2.45) is 0 Å². The van der Waals surface area contributed by atoms with Gasteiger partial charge in [-0.3, -0.25) is 0 Å². The van der Waals surface area contributed by atoms with E-state index in [-0.39, 0.29) is 6.09 Å². The summed E-state index contributed by atoms with van der Waals surface area (Å²) in [5.41, 5.74) is 3.28. The van der Waals surface area contributed by atoms with Crippen LogP contribution in [0.3, 0.4) is 0 Å². The molecule has 3 rings (SSSR count). The van der Waals surface area contributed by atoms with E-state index in [0.717, 1.165) is 36.4 Å². The van der Waals surface area contributed by atoms with Gasteiger partial charge in [-0.2, -0.15) is 0 Å². The Bertz CT molecular complexity index is 667.